The number of ether oxygens (including phenoxy) is 3. The SMILES string of the molecule is CC/C=C\C/C=C\C/C=C\C/C=C\C/C=C\CCCC(=O)OC(COC(=O)CCCCCCC/C=C\C/C=C\CCCCC)COC(=O)CCCCCCCCCCCCCCCCCCCCCCCCCCCCCCCC. The van der Waals surface area contributed by atoms with Crippen LogP contribution in [0, 0.1) is 0 Å². The van der Waals surface area contributed by atoms with Gasteiger partial charge in [-0.2, -0.15) is 0 Å². The van der Waals surface area contributed by atoms with Crippen LogP contribution in [0.15, 0.2) is 85.1 Å². The molecule has 0 aliphatic heterocycles. The number of carbonyl (C=O) groups excluding carboxylic acids is 3. The number of rotatable bonds is 63. The molecular formula is C74H130O6. The monoisotopic (exact) mass is 1110 g/mol. The van der Waals surface area contributed by atoms with Gasteiger partial charge in [-0.3, -0.25) is 14.4 Å². The van der Waals surface area contributed by atoms with E-state index in [2.05, 4.69) is 106 Å². The highest BCUT2D eigenvalue weighted by Gasteiger charge is 2.19. The van der Waals surface area contributed by atoms with Crippen molar-refractivity contribution in [3.8, 4) is 0 Å². The molecule has 6 heteroatoms. The van der Waals surface area contributed by atoms with Crippen molar-refractivity contribution in [3.05, 3.63) is 85.1 Å². The second-order valence-corrected chi connectivity index (χ2v) is 23.1. The highest BCUT2D eigenvalue weighted by molar-refractivity contribution is 5.71. The Morgan fingerprint density at radius 3 is 0.825 bits per heavy atom. The van der Waals surface area contributed by atoms with Crippen molar-refractivity contribution < 1.29 is 28.6 Å². The molecule has 0 rings (SSSR count). The minimum atomic E-state index is -0.813. The summed E-state index contributed by atoms with van der Waals surface area (Å²) in [7, 11) is 0. The second kappa shape index (κ2) is 68.1. The molecule has 0 amide bonds. The number of hydrogen-bond donors (Lipinski definition) is 0. The normalized spacial score (nSPS) is 12.6. The summed E-state index contributed by atoms with van der Waals surface area (Å²) >= 11 is 0. The van der Waals surface area contributed by atoms with Gasteiger partial charge < -0.3 is 14.2 Å². The van der Waals surface area contributed by atoms with Gasteiger partial charge in [0.15, 0.2) is 6.10 Å². The van der Waals surface area contributed by atoms with Crippen LogP contribution in [0.3, 0.4) is 0 Å². The average Bonchev–Trinajstić information content (AvgIpc) is 3.46. The number of unbranched alkanes of at least 4 members (excludes halogenated alkanes) is 38. The zero-order valence-electron chi connectivity index (χ0n) is 53.1. The van der Waals surface area contributed by atoms with E-state index in [1.165, 1.54) is 199 Å². The van der Waals surface area contributed by atoms with Crippen molar-refractivity contribution in [2.45, 2.75) is 354 Å². The Balaban J connectivity index is 4.26. The average molecular weight is 1120 g/mol. The third-order valence-electron chi connectivity index (χ3n) is 15.1. The molecule has 1 atom stereocenters. The van der Waals surface area contributed by atoms with E-state index < -0.39 is 6.10 Å². The van der Waals surface area contributed by atoms with Crippen LogP contribution in [0.1, 0.15) is 348 Å². The van der Waals surface area contributed by atoms with Crippen LogP contribution in [0.5, 0.6) is 0 Å². The quantitative estimate of drug-likeness (QED) is 0.0261. The Hall–Kier alpha value is -3.41. The maximum absolute atomic E-state index is 12.9. The van der Waals surface area contributed by atoms with Crippen LogP contribution < -0.4 is 0 Å². The van der Waals surface area contributed by atoms with Crippen molar-refractivity contribution >= 4 is 17.9 Å². The molecule has 0 fully saturated rings. The van der Waals surface area contributed by atoms with E-state index in [0.717, 1.165) is 103 Å². The first-order valence-electron chi connectivity index (χ1n) is 34.6. The van der Waals surface area contributed by atoms with Crippen LogP contribution in [0.25, 0.3) is 0 Å². The van der Waals surface area contributed by atoms with E-state index in [1.807, 2.05) is 0 Å². The van der Waals surface area contributed by atoms with E-state index in [1.54, 1.807) is 0 Å². The van der Waals surface area contributed by atoms with Crippen LogP contribution >= 0.6 is 0 Å². The van der Waals surface area contributed by atoms with Crippen molar-refractivity contribution in [2.24, 2.45) is 0 Å². The molecule has 0 spiro atoms. The smallest absolute Gasteiger partial charge is 0.306 e. The predicted molar refractivity (Wildman–Crippen MR) is 348 cm³/mol. The number of esters is 3. The summed E-state index contributed by atoms with van der Waals surface area (Å²) < 4.78 is 16.9. The van der Waals surface area contributed by atoms with Gasteiger partial charge in [-0.15, -0.1) is 0 Å². The summed E-state index contributed by atoms with van der Waals surface area (Å²) in [5.74, 6) is -0.960. The van der Waals surface area contributed by atoms with Gasteiger partial charge >= 0.3 is 17.9 Å². The summed E-state index contributed by atoms with van der Waals surface area (Å²) in [6.07, 6.45) is 90.6. The number of hydrogen-bond acceptors (Lipinski definition) is 6. The molecule has 6 nitrogen and oxygen atoms in total. The molecule has 0 heterocycles. The molecule has 0 radical (unpaired) electrons. The van der Waals surface area contributed by atoms with Gasteiger partial charge in [-0.05, 0) is 89.9 Å². The zero-order valence-corrected chi connectivity index (χ0v) is 53.1. The number of allylic oxidation sites excluding steroid dienone is 14. The summed E-state index contributed by atoms with van der Waals surface area (Å²) in [4.78, 5) is 38.3. The summed E-state index contributed by atoms with van der Waals surface area (Å²) in [5, 5.41) is 0. The fourth-order valence-electron chi connectivity index (χ4n) is 9.98. The Kier molecular flexibility index (Phi) is 65.2. The molecule has 0 aromatic heterocycles. The minimum absolute atomic E-state index is 0.101. The topological polar surface area (TPSA) is 78.9 Å². The van der Waals surface area contributed by atoms with E-state index in [9.17, 15) is 14.4 Å². The molecule has 0 aliphatic carbocycles. The second-order valence-electron chi connectivity index (χ2n) is 23.1. The van der Waals surface area contributed by atoms with E-state index in [4.69, 9.17) is 14.2 Å². The van der Waals surface area contributed by atoms with Gasteiger partial charge in [-0.25, -0.2) is 0 Å². The maximum atomic E-state index is 12.9. The Morgan fingerprint density at radius 2 is 0.500 bits per heavy atom. The molecule has 80 heavy (non-hydrogen) atoms. The molecule has 0 aliphatic rings. The fourth-order valence-corrected chi connectivity index (χ4v) is 9.98. The van der Waals surface area contributed by atoms with E-state index in [-0.39, 0.29) is 37.5 Å². The van der Waals surface area contributed by atoms with Crippen molar-refractivity contribution in [3.63, 3.8) is 0 Å². The van der Waals surface area contributed by atoms with Gasteiger partial charge in [0, 0.05) is 19.3 Å². The summed E-state index contributed by atoms with van der Waals surface area (Å²) in [5.41, 5.74) is 0. The molecule has 0 saturated heterocycles. The van der Waals surface area contributed by atoms with Gasteiger partial charge in [0.2, 0.25) is 0 Å². The van der Waals surface area contributed by atoms with Gasteiger partial charge in [0.25, 0.3) is 0 Å². The van der Waals surface area contributed by atoms with Crippen molar-refractivity contribution in [1.82, 2.24) is 0 Å². The van der Waals surface area contributed by atoms with Crippen LogP contribution in [0.2, 0.25) is 0 Å². The predicted octanol–water partition coefficient (Wildman–Crippen LogP) is 23.8. The third-order valence-corrected chi connectivity index (χ3v) is 15.1. The largest absolute Gasteiger partial charge is 0.462 e. The van der Waals surface area contributed by atoms with Gasteiger partial charge in [0.1, 0.15) is 13.2 Å². The van der Waals surface area contributed by atoms with Crippen molar-refractivity contribution in [1.29, 1.82) is 0 Å². The lowest BCUT2D eigenvalue weighted by atomic mass is 10.0. The molecule has 1 unspecified atom stereocenters. The number of carbonyl (C=O) groups is 3. The first kappa shape index (κ1) is 76.6. The highest BCUT2D eigenvalue weighted by atomic mass is 16.6. The Bertz CT molecular complexity index is 1520. The van der Waals surface area contributed by atoms with E-state index in [0.29, 0.717) is 19.3 Å². The zero-order chi connectivity index (χ0) is 57.8. The van der Waals surface area contributed by atoms with E-state index >= 15 is 0 Å². The first-order chi connectivity index (χ1) is 39.5. The van der Waals surface area contributed by atoms with Crippen LogP contribution in [0.4, 0.5) is 0 Å². The fraction of sp³-hybridized carbons (Fsp3) is 0.770. The molecular weight excluding hydrogens is 985 g/mol. The molecule has 462 valence electrons. The molecule has 0 saturated carbocycles. The lowest BCUT2D eigenvalue weighted by molar-refractivity contribution is -0.167. The minimum Gasteiger partial charge on any atom is -0.462 e. The van der Waals surface area contributed by atoms with Crippen molar-refractivity contribution in [2.75, 3.05) is 13.2 Å². The lowest BCUT2D eigenvalue weighted by Gasteiger charge is -2.18. The lowest BCUT2D eigenvalue weighted by Crippen LogP contribution is -2.30. The molecule has 0 N–H and O–H groups in total. The van der Waals surface area contributed by atoms with Gasteiger partial charge in [-0.1, -0.05) is 324 Å². The van der Waals surface area contributed by atoms with Gasteiger partial charge in [0.05, 0.1) is 0 Å². The third kappa shape index (κ3) is 65.4. The van der Waals surface area contributed by atoms with Crippen LogP contribution in [-0.4, -0.2) is 37.2 Å². The standard InChI is InChI=1S/C74H130O6/c1-4-7-10-13-16-19-22-25-28-30-31-32-33-34-35-36-37-38-39-40-41-42-44-46-49-52-55-58-61-64-67-73(76)79-70-71(69-78-72(75)66-63-60-57-54-51-48-45-27-24-21-18-15-12-9-6-3)80-74(77)68-65-62-59-56-53-50-47-43-29-26-23-20-17-14-11-8-5-2/h8,11,17-18,20-21,26-27,29,45,47,50,56,59,71H,4-7,9-10,12-16,19,22-25,28,30-44,46,48-49,51-55,57-58,60-70H2,1-3H3/b11-8-,20-17-,21-18-,29-26-,45-27-,50-47-,59-56-. The molecule has 0 aromatic carbocycles. The molecule has 0 aromatic rings. The summed E-state index contributed by atoms with van der Waals surface area (Å²) in [6.45, 7) is 6.49. The summed E-state index contributed by atoms with van der Waals surface area (Å²) in [6, 6.07) is 0. The Morgan fingerprint density at radius 1 is 0.263 bits per heavy atom. The van der Waals surface area contributed by atoms with Crippen LogP contribution in [-0.2, 0) is 28.6 Å². The molecule has 0 bridgehead atoms. The highest BCUT2D eigenvalue weighted by Crippen LogP contribution is 2.18. The maximum Gasteiger partial charge on any atom is 0.306 e. The Labute approximate surface area is 496 Å². The first-order valence-corrected chi connectivity index (χ1v) is 34.6.